The van der Waals surface area contributed by atoms with E-state index in [0.717, 1.165) is 36.1 Å². The molecule has 46 heavy (non-hydrogen) atoms. The van der Waals surface area contributed by atoms with E-state index >= 15 is 0 Å². The molecule has 2 aromatic rings. The first kappa shape index (κ1) is 32.2. The van der Waals surface area contributed by atoms with Crippen LogP contribution in [0.3, 0.4) is 0 Å². The third-order valence-corrected chi connectivity index (χ3v) is 11.8. The van der Waals surface area contributed by atoms with E-state index in [1.807, 2.05) is 42.5 Å². The van der Waals surface area contributed by atoms with Crippen molar-refractivity contribution < 1.29 is 32.3 Å². The SMILES string of the molecule is CC(=O)O[C@@H]1C[C@H]2C(=O)N[C@]3(C(=O)NS(=O)(=O)C4CC4)C[C@H]3C=CCCCCC[C@H](Nc3ncc(-c4ccccc4)s3)C(=O)N2C1. The smallest absolute Gasteiger partial charge is 0.302 e. The molecule has 0 bridgehead atoms. The Labute approximate surface area is 272 Å². The lowest BCUT2D eigenvalue weighted by atomic mass is 10.1. The van der Waals surface area contributed by atoms with Crippen LogP contribution in [0.2, 0.25) is 0 Å². The molecule has 3 heterocycles. The fourth-order valence-electron chi connectivity index (χ4n) is 6.31. The molecular weight excluding hydrogens is 631 g/mol. The van der Waals surface area contributed by atoms with Gasteiger partial charge in [-0.25, -0.2) is 13.4 Å². The minimum atomic E-state index is -3.84. The van der Waals surface area contributed by atoms with Gasteiger partial charge in [0.15, 0.2) is 5.13 Å². The third kappa shape index (κ3) is 7.12. The lowest BCUT2D eigenvalue weighted by Crippen LogP contribution is -2.57. The number of nitrogens with one attached hydrogen (secondary N) is 3. The number of carbonyl (C=O) groups excluding carboxylic acids is 4. The molecule has 6 rings (SSSR count). The molecule has 1 saturated heterocycles. The molecule has 0 spiro atoms. The fraction of sp³-hybridized carbons (Fsp3) is 0.531. The predicted molar refractivity (Wildman–Crippen MR) is 172 cm³/mol. The summed E-state index contributed by atoms with van der Waals surface area (Å²) in [7, 11) is -3.84. The number of thiazole rings is 1. The summed E-state index contributed by atoms with van der Waals surface area (Å²) in [6.45, 7) is 1.29. The summed E-state index contributed by atoms with van der Waals surface area (Å²) < 4.78 is 33.0. The molecule has 0 unspecified atom stereocenters. The van der Waals surface area contributed by atoms with Crippen LogP contribution < -0.4 is 15.4 Å². The first-order valence-electron chi connectivity index (χ1n) is 15.9. The van der Waals surface area contributed by atoms with E-state index in [-0.39, 0.29) is 31.2 Å². The van der Waals surface area contributed by atoms with Gasteiger partial charge in [0.05, 0.1) is 16.7 Å². The number of benzene rings is 1. The zero-order valence-electron chi connectivity index (χ0n) is 25.6. The van der Waals surface area contributed by atoms with Crippen LogP contribution in [0.4, 0.5) is 5.13 Å². The van der Waals surface area contributed by atoms with Gasteiger partial charge < -0.3 is 20.3 Å². The number of hydrogen-bond donors (Lipinski definition) is 3. The first-order valence-corrected chi connectivity index (χ1v) is 18.2. The maximum atomic E-state index is 14.2. The molecule has 12 nitrogen and oxygen atoms in total. The molecule has 2 aliphatic heterocycles. The van der Waals surface area contributed by atoms with Gasteiger partial charge in [-0.05, 0) is 44.1 Å². The quantitative estimate of drug-likeness (QED) is 0.297. The molecule has 4 aliphatic rings. The van der Waals surface area contributed by atoms with Crippen LogP contribution in [-0.4, -0.2) is 77.5 Å². The minimum Gasteiger partial charge on any atom is -0.461 e. The van der Waals surface area contributed by atoms with Gasteiger partial charge in [0.2, 0.25) is 21.8 Å². The Morgan fingerprint density at radius 1 is 1.11 bits per heavy atom. The van der Waals surface area contributed by atoms with E-state index in [2.05, 4.69) is 20.3 Å². The molecule has 3 fully saturated rings. The van der Waals surface area contributed by atoms with E-state index in [0.29, 0.717) is 24.4 Å². The molecule has 3 N–H and O–H groups in total. The second-order valence-electron chi connectivity index (χ2n) is 12.6. The summed E-state index contributed by atoms with van der Waals surface area (Å²) in [6.07, 6.45) is 9.90. The van der Waals surface area contributed by atoms with E-state index in [1.54, 1.807) is 6.20 Å². The topological polar surface area (TPSA) is 164 Å². The highest BCUT2D eigenvalue weighted by atomic mass is 32.2. The van der Waals surface area contributed by atoms with Crippen molar-refractivity contribution in [2.24, 2.45) is 5.92 Å². The number of rotatable bonds is 7. The molecular formula is C32H39N5O7S2. The van der Waals surface area contributed by atoms with Crippen LogP contribution in [0.15, 0.2) is 48.7 Å². The predicted octanol–water partition coefficient (Wildman–Crippen LogP) is 3.13. The number of allylic oxidation sites excluding steroid dienone is 1. The van der Waals surface area contributed by atoms with Crippen LogP contribution in [0.5, 0.6) is 0 Å². The van der Waals surface area contributed by atoms with Gasteiger partial charge in [-0.3, -0.25) is 23.9 Å². The Morgan fingerprint density at radius 3 is 2.63 bits per heavy atom. The standard InChI is InChI=1S/C32H39N5O7S2/c1-20(38)44-23-16-26-28(39)35-32(30(41)36-46(42,43)24-14-15-24)17-22(32)12-8-3-2-4-9-13-25(29(40)37(26)19-23)34-31-33-18-27(45-31)21-10-6-5-7-11-21/h5-8,10-12,18,22-26H,2-4,9,13-17,19H2,1H3,(H,33,34)(H,35,39)(H,36,41)/t22-,23-,25+,26+,32-/m1/s1. The summed E-state index contributed by atoms with van der Waals surface area (Å²) >= 11 is 1.43. The number of amides is 3. The summed E-state index contributed by atoms with van der Waals surface area (Å²) in [5, 5.41) is 6.12. The van der Waals surface area contributed by atoms with Gasteiger partial charge in [0.1, 0.15) is 23.7 Å². The highest BCUT2D eigenvalue weighted by molar-refractivity contribution is 7.91. The van der Waals surface area contributed by atoms with Crippen LogP contribution >= 0.6 is 11.3 Å². The number of nitrogens with zero attached hydrogens (tertiary/aromatic N) is 2. The average Bonchev–Trinajstić information content (AvgIpc) is 3.90. The summed E-state index contributed by atoms with van der Waals surface area (Å²) in [5.41, 5.74) is -0.438. The summed E-state index contributed by atoms with van der Waals surface area (Å²) in [4.78, 5) is 60.4. The molecule has 246 valence electrons. The van der Waals surface area contributed by atoms with Crippen LogP contribution in [-0.2, 0) is 33.9 Å². The highest BCUT2D eigenvalue weighted by Crippen LogP contribution is 2.46. The molecule has 3 amide bonds. The number of hydrogen-bond acceptors (Lipinski definition) is 10. The Balaban J connectivity index is 1.26. The Kier molecular flexibility index (Phi) is 9.19. The van der Waals surface area contributed by atoms with Gasteiger partial charge in [-0.2, -0.15) is 0 Å². The zero-order valence-corrected chi connectivity index (χ0v) is 27.3. The Hall–Kier alpha value is -3.78. The molecule has 14 heteroatoms. The number of anilines is 1. The Bertz CT molecular complexity index is 1620. The number of ether oxygens (including phenoxy) is 1. The lowest BCUT2D eigenvalue weighted by molar-refractivity contribution is -0.146. The number of esters is 1. The monoisotopic (exact) mass is 669 g/mol. The molecule has 2 aliphatic carbocycles. The average molecular weight is 670 g/mol. The molecule has 2 saturated carbocycles. The van der Waals surface area contributed by atoms with Crippen molar-refractivity contribution >= 4 is 50.2 Å². The summed E-state index contributed by atoms with van der Waals surface area (Å²) in [5.74, 6) is -2.60. The van der Waals surface area contributed by atoms with Crippen molar-refractivity contribution in [3.8, 4) is 10.4 Å². The van der Waals surface area contributed by atoms with Crippen molar-refractivity contribution in [2.75, 3.05) is 11.9 Å². The summed E-state index contributed by atoms with van der Waals surface area (Å²) in [6, 6.07) is 8.08. The van der Waals surface area contributed by atoms with Crippen LogP contribution in [0.25, 0.3) is 10.4 Å². The maximum Gasteiger partial charge on any atom is 0.302 e. The van der Waals surface area contributed by atoms with Crippen LogP contribution in [0, 0.1) is 5.92 Å². The van der Waals surface area contributed by atoms with Gasteiger partial charge in [0, 0.05) is 25.5 Å². The van der Waals surface area contributed by atoms with Crippen molar-refractivity contribution in [2.45, 2.75) is 93.7 Å². The van der Waals surface area contributed by atoms with E-state index in [1.165, 1.54) is 23.2 Å². The van der Waals surface area contributed by atoms with E-state index < -0.39 is 56.8 Å². The highest BCUT2D eigenvalue weighted by Gasteiger charge is 2.62. The van der Waals surface area contributed by atoms with Gasteiger partial charge in [-0.1, -0.05) is 66.7 Å². The van der Waals surface area contributed by atoms with Crippen LogP contribution in [0.1, 0.15) is 64.7 Å². The largest absolute Gasteiger partial charge is 0.461 e. The minimum absolute atomic E-state index is 0.0143. The van der Waals surface area contributed by atoms with Crippen molar-refractivity contribution in [1.29, 1.82) is 0 Å². The van der Waals surface area contributed by atoms with Crippen molar-refractivity contribution in [3.05, 3.63) is 48.7 Å². The molecule has 0 radical (unpaired) electrons. The fourth-order valence-corrected chi connectivity index (χ4v) is 8.55. The number of aromatic nitrogens is 1. The second kappa shape index (κ2) is 13.1. The van der Waals surface area contributed by atoms with Gasteiger partial charge in [-0.15, -0.1) is 0 Å². The van der Waals surface area contributed by atoms with Gasteiger partial charge >= 0.3 is 5.97 Å². The number of fused-ring (bicyclic) bond motifs is 2. The molecule has 1 aromatic carbocycles. The van der Waals surface area contributed by atoms with E-state index in [4.69, 9.17) is 4.74 Å². The zero-order chi connectivity index (χ0) is 32.5. The molecule has 1 aromatic heterocycles. The maximum absolute atomic E-state index is 14.2. The van der Waals surface area contributed by atoms with Gasteiger partial charge in [0.25, 0.3) is 5.91 Å². The van der Waals surface area contributed by atoms with E-state index in [9.17, 15) is 27.6 Å². The van der Waals surface area contributed by atoms with Crippen molar-refractivity contribution in [3.63, 3.8) is 0 Å². The second-order valence-corrected chi connectivity index (χ2v) is 15.6. The number of sulfonamides is 1. The molecule has 5 atom stereocenters. The lowest BCUT2D eigenvalue weighted by Gasteiger charge is -2.29. The first-order chi connectivity index (χ1) is 22.1. The Morgan fingerprint density at radius 2 is 1.89 bits per heavy atom. The third-order valence-electron chi connectivity index (χ3n) is 9.04. The van der Waals surface area contributed by atoms with Crippen molar-refractivity contribution in [1.82, 2.24) is 19.9 Å². The normalized spacial score (nSPS) is 28.6. The number of carbonyl (C=O) groups is 4.